The molecule has 1 unspecified atom stereocenters. The molecular weight excluding hydrogens is 318 g/mol. The molecule has 1 aromatic rings. The van der Waals surface area contributed by atoms with Crippen LogP contribution in [0.2, 0.25) is 0 Å². The summed E-state index contributed by atoms with van der Waals surface area (Å²) in [5, 5.41) is 12.3. The molecule has 1 aliphatic carbocycles. The Balaban J connectivity index is 1.99. The first-order chi connectivity index (χ1) is 11.8. The van der Waals surface area contributed by atoms with E-state index >= 15 is 0 Å². The Morgan fingerprint density at radius 3 is 2.48 bits per heavy atom. The van der Waals surface area contributed by atoms with E-state index in [2.05, 4.69) is 11.4 Å². The summed E-state index contributed by atoms with van der Waals surface area (Å²) in [6.07, 6.45) is 2.02. The van der Waals surface area contributed by atoms with Crippen molar-refractivity contribution in [1.29, 1.82) is 5.26 Å². The van der Waals surface area contributed by atoms with Crippen LogP contribution in [0.4, 0.5) is 0 Å². The number of amides is 1. The van der Waals surface area contributed by atoms with Gasteiger partial charge in [0, 0.05) is 5.56 Å². The minimum Gasteiger partial charge on any atom is -0.493 e. The lowest BCUT2D eigenvalue weighted by atomic mass is 9.98. The predicted molar refractivity (Wildman–Crippen MR) is 94.6 cm³/mol. The number of nitrogens with one attached hydrogen (secondary N) is 2. The predicted octanol–water partition coefficient (Wildman–Crippen LogP) is 0.835. The lowest BCUT2D eigenvalue weighted by molar-refractivity contribution is -0.885. The van der Waals surface area contributed by atoms with Gasteiger partial charge in [0.1, 0.15) is 12.1 Å². The number of rotatable bonds is 8. The molecule has 6 nitrogen and oxygen atoms in total. The standard InChI is InChI=1S/C19H27N3O3/c1-13-8-16(24-4)17(25-5)9-14(13)10-22(3)11-18(23)21-19(2,12-20)15-6-7-15/h8-9,15H,6-7,10-11H2,1-5H3,(H,21,23)/p+1/t19-/m1/s1. The van der Waals surface area contributed by atoms with Gasteiger partial charge >= 0.3 is 0 Å². The SMILES string of the molecule is COc1cc(C)c(C[NH+](C)CC(=O)N[C@](C)(C#N)C2CC2)cc1OC. The van der Waals surface area contributed by atoms with Crippen molar-refractivity contribution in [3.63, 3.8) is 0 Å². The number of nitriles is 1. The Bertz CT molecular complexity index is 679. The van der Waals surface area contributed by atoms with Crippen molar-refractivity contribution in [3.8, 4) is 17.6 Å². The Hall–Kier alpha value is -2.26. The van der Waals surface area contributed by atoms with E-state index in [0.717, 1.165) is 28.9 Å². The van der Waals surface area contributed by atoms with Crippen LogP contribution in [0, 0.1) is 24.2 Å². The van der Waals surface area contributed by atoms with Crippen LogP contribution in [-0.4, -0.2) is 39.3 Å². The van der Waals surface area contributed by atoms with E-state index in [1.807, 2.05) is 33.0 Å². The summed E-state index contributed by atoms with van der Waals surface area (Å²) in [6, 6.07) is 6.16. The molecule has 25 heavy (non-hydrogen) atoms. The number of quaternary nitrogens is 1. The molecular formula is C19H28N3O3+. The first-order valence-electron chi connectivity index (χ1n) is 8.58. The van der Waals surface area contributed by atoms with E-state index in [-0.39, 0.29) is 11.8 Å². The first-order valence-corrected chi connectivity index (χ1v) is 8.58. The van der Waals surface area contributed by atoms with Crippen LogP contribution in [0.1, 0.15) is 30.9 Å². The monoisotopic (exact) mass is 346 g/mol. The van der Waals surface area contributed by atoms with Crippen molar-refractivity contribution in [1.82, 2.24) is 5.32 Å². The van der Waals surface area contributed by atoms with Gasteiger partial charge in [-0.2, -0.15) is 5.26 Å². The van der Waals surface area contributed by atoms with Gasteiger partial charge < -0.3 is 19.7 Å². The van der Waals surface area contributed by atoms with Crippen molar-refractivity contribution in [2.24, 2.45) is 5.92 Å². The van der Waals surface area contributed by atoms with E-state index in [0.29, 0.717) is 24.6 Å². The highest BCUT2D eigenvalue weighted by Crippen LogP contribution is 2.39. The number of carbonyl (C=O) groups is 1. The summed E-state index contributed by atoms with van der Waals surface area (Å²) in [4.78, 5) is 13.4. The van der Waals surface area contributed by atoms with Gasteiger partial charge in [0.25, 0.3) is 5.91 Å². The minimum atomic E-state index is -0.739. The summed E-state index contributed by atoms with van der Waals surface area (Å²) in [5.41, 5.74) is 1.46. The molecule has 0 spiro atoms. The molecule has 0 aliphatic heterocycles. The van der Waals surface area contributed by atoms with E-state index in [1.165, 1.54) is 0 Å². The summed E-state index contributed by atoms with van der Waals surface area (Å²) in [5.74, 6) is 1.58. The van der Waals surface area contributed by atoms with Gasteiger partial charge in [-0.3, -0.25) is 4.79 Å². The summed E-state index contributed by atoms with van der Waals surface area (Å²) < 4.78 is 10.7. The number of methoxy groups -OCH3 is 2. The molecule has 1 aliphatic rings. The van der Waals surface area contributed by atoms with Gasteiger partial charge in [-0.15, -0.1) is 0 Å². The Kier molecular flexibility index (Phi) is 5.91. The van der Waals surface area contributed by atoms with E-state index in [4.69, 9.17) is 9.47 Å². The number of likely N-dealkylation sites (N-methyl/N-ethyl adjacent to an activating group) is 1. The van der Waals surface area contributed by atoms with Gasteiger partial charge in [-0.1, -0.05) is 0 Å². The van der Waals surface area contributed by atoms with Crippen LogP contribution in [0.5, 0.6) is 11.5 Å². The molecule has 1 amide bonds. The van der Waals surface area contributed by atoms with E-state index in [9.17, 15) is 10.1 Å². The third kappa shape index (κ3) is 4.64. The van der Waals surface area contributed by atoms with Crippen molar-refractivity contribution in [3.05, 3.63) is 23.3 Å². The zero-order valence-electron chi connectivity index (χ0n) is 15.7. The fourth-order valence-electron chi connectivity index (χ4n) is 3.09. The molecule has 2 rings (SSSR count). The van der Waals surface area contributed by atoms with Crippen LogP contribution < -0.4 is 19.7 Å². The molecule has 2 atom stereocenters. The topological polar surface area (TPSA) is 75.8 Å². The fourth-order valence-corrected chi connectivity index (χ4v) is 3.09. The lowest BCUT2D eigenvalue weighted by Crippen LogP contribution is -3.09. The quantitative estimate of drug-likeness (QED) is 0.731. The summed E-state index contributed by atoms with van der Waals surface area (Å²) in [6.45, 7) is 4.84. The van der Waals surface area contributed by atoms with Crippen molar-refractivity contribution < 1.29 is 19.2 Å². The molecule has 1 saturated carbocycles. The normalized spacial score (nSPS) is 17.1. The number of carbonyl (C=O) groups excluding carboxylic acids is 1. The van der Waals surface area contributed by atoms with Gasteiger partial charge in [0.05, 0.1) is 27.3 Å². The molecule has 0 radical (unpaired) electrons. The number of hydrogen-bond acceptors (Lipinski definition) is 4. The fraction of sp³-hybridized carbons (Fsp3) is 0.579. The lowest BCUT2D eigenvalue weighted by Gasteiger charge is -2.24. The minimum absolute atomic E-state index is 0.0911. The highest BCUT2D eigenvalue weighted by atomic mass is 16.5. The molecule has 0 saturated heterocycles. The molecule has 1 fully saturated rings. The average molecular weight is 346 g/mol. The maximum Gasteiger partial charge on any atom is 0.276 e. The van der Waals surface area contributed by atoms with Crippen LogP contribution >= 0.6 is 0 Å². The van der Waals surface area contributed by atoms with Gasteiger partial charge in [0.15, 0.2) is 18.0 Å². The Labute approximate surface area is 149 Å². The largest absolute Gasteiger partial charge is 0.493 e. The highest BCUT2D eigenvalue weighted by Gasteiger charge is 2.43. The molecule has 2 N–H and O–H groups in total. The molecule has 6 heteroatoms. The second kappa shape index (κ2) is 7.75. The maximum atomic E-state index is 12.3. The third-order valence-corrected chi connectivity index (χ3v) is 4.82. The van der Waals surface area contributed by atoms with Gasteiger partial charge in [-0.25, -0.2) is 0 Å². The van der Waals surface area contributed by atoms with Crippen molar-refractivity contribution >= 4 is 5.91 Å². The second-order valence-electron chi connectivity index (χ2n) is 7.08. The zero-order valence-corrected chi connectivity index (χ0v) is 15.7. The zero-order chi connectivity index (χ0) is 18.6. The van der Waals surface area contributed by atoms with Crippen LogP contribution in [0.25, 0.3) is 0 Å². The molecule has 0 heterocycles. The molecule has 1 aromatic carbocycles. The molecule has 0 aromatic heterocycles. The molecule has 136 valence electrons. The third-order valence-electron chi connectivity index (χ3n) is 4.82. The average Bonchev–Trinajstić information content (AvgIpc) is 3.41. The number of aryl methyl sites for hydroxylation is 1. The van der Waals surface area contributed by atoms with Crippen LogP contribution in [0.15, 0.2) is 12.1 Å². The summed E-state index contributed by atoms with van der Waals surface area (Å²) >= 11 is 0. The number of benzene rings is 1. The highest BCUT2D eigenvalue weighted by molar-refractivity contribution is 5.78. The number of hydrogen-bond donors (Lipinski definition) is 2. The number of nitrogens with zero attached hydrogens (tertiary/aromatic N) is 1. The molecule has 0 bridgehead atoms. The van der Waals surface area contributed by atoms with Gasteiger partial charge in [-0.05, 0) is 50.3 Å². The van der Waals surface area contributed by atoms with Crippen molar-refractivity contribution in [2.75, 3.05) is 27.8 Å². The smallest absolute Gasteiger partial charge is 0.276 e. The summed E-state index contributed by atoms with van der Waals surface area (Å²) in [7, 11) is 5.20. The Morgan fingerprint density at radius 2 is 1.96 bits per heavy atom. The van der Waals surface area contributed by atoms with Crippen LogP contribution in [0.3, 0.4) is 0 Å². The van der Waals surface area contributed by atoms with Crippen LogP contribution in [-0.2, 0) is 11.3 Å². The maximum absolute atomic E-state index is 12.3. The van der Waals surface area contributed by atoms with E-state index < -0.39 is 5.54 Å². The Morgan fingerprint density at radius 1 is 1.36 bits per heavy atom. The second-order valence-corrected chi connectivity index (χ2v) is 7.08. The van der Waals surface area contributed by atoms with Crippen molar-refractivity contribution in [2.45, 2.75) is 38.8 Å². The van der Waals surface area contributed by atoms with E-state index in [1.54, 1.807) is 14.2 Å². The van der Waals surface area contributed by atoms with Gasteiger partial charge in [0.2, 0.25) is 0 Å². The first kappa shape index (κ1) is 19.1. The number of ether oxygens (including phenoxy) is 2.